The van der Waals surface area contributed by atoms with Gasteiger partial charge in [0, 0.05) is 7.11 Å². The van der Waals surface area contributed by atoms with E-state index in [-0.39, 0.29) is 24.4 Å². The Balaban J connectivity index is 1.72. The van der Waals surface area contributed by atoms with Gasteiger partial charge in [0.25, 0.3) is 0 Å². The van der Waals surface area contributed by atoms with Crippen molar-refractivity contribution in [1.29, 1.82) is 0 Å². The van der Waals surface area contributed by atoms with Crippen LogP contribution in [-0.2, 0) is 28.4 Å². The van der Waals surface area contributed by atoms with Crippen LogP contribution in [0.4, 0.5) is 0 Å². The molecule has 3 aliphatic rings. The number of hydrogen-bond donors (Lipinski definition) is 0. The zero-order valence-electron chi connectivity index (χ0n) is 12.0. The number of methoxy groups -OCH3 is 1. The number of rotatable bonds is 2. The van der Waals surface area contributed by atoms with Crippen LogP contribution in [0, 0.1) is 0 Å². The summed E-state index contributed by atoms with van der Waals surface area (Å²) in [7, 11) is 1.65. The van der Waals surface area contributed by atoms with Gasteiger partial charge in [-0.1, -0.05) is 0 Å². The summed E-state index contributed by atoms with van der Waals surface area (Å²) in [5.41, 5.74) is 0. The van der Waals surface area contributed by atoms with Crippen molar-refractivity contribution in [2.75, 3.05) is 13.7 Å². The highest BCUT2D eigenvalue weighted by Crippen LogP contribution is 2.41. The Morgan fingerprint density at radius 2 is 1.68 bits per heavy atom. The highest BCUT2D eigenvalue weighted by Gasteiger charge is 2.58. The molecule has 3 rings (SSSR count). The summed E-state index contributed by atoms with van der Waals surface area (Å²) in [5.74, 6) is -1.21. The fraction of sp³-hybridized carbons (Fsp3) is 1.00. The van der Waals surface area contributed by atoms with Crippen LogP contribution in [-0.4, -0.2) is 56.0 Å². The normalized spacial score (nSPS) is 47.5. The lowest BCUT2D eigenvalue weighted by molar-refractivity contribution is -0.234. The molecular weight excluding hydrogens is 252 g/mol. The average Bonchev–Trinajstić information content (AvgIpc) is 2.87. The van der Waals surface area contributed by atoms with Gasteiger partial charge >= 0.3 is 0 Å². The van der Waals surface area contributed by atoms with Gasteiger partial charge in [-0.3, -0.25) is 0 Å². The van der Waals surface area contributed by atoms with E-state index in [0.29, 0.717) is 6.61 Å². The molecular formula is C13H22O6. The number of hydrogen-bond acceptors (Lipinski definition) is 6. The van der Waals surface area contributed by atoms with Crippen molar-refractivity contribution >= 4 is 0 Å². The van der Waals surface area contributed by atoms with Crippen LogP contribution in [0.25, 0.3) is 0 Å². The van der Waals surface area contributed by atoms with Crippen LogP contribution in [0.1, 0.15) is 27.7 Å². The maximum absolute atomic E-state index is 5.92. The van der Waals surface area contributed by atoms with Crippen molar-refractivity contribution < 1.29 is 28.4 Å². The third-order valence-electron chi connectivity index (χ3n) is 3.70. The van der Waals surface area contributed by atoms with Gasteiger partial charge in [0.2, 0.25) is 0 Å². The summed E-state index contributed by atoms with van der Waals surface area (Å²) >= 11 is 0. The molecule has 0 aromatic carbocycles. The standard InChI is InChI=1S/C13H22O6/c1-12(2)15-6-7(17-12)8-9(14-5)10-11(16-8)19-13(3,4)18-10/h7-11H,6H2,1-5H3/t7?,8-,9-,10?,11?/m1/s1. The first kappa shape index (κ1) is 13.7. The van der Waals surface area contributed by atoms with Crippen molar-refractivity contribution in [3.63, 3.8) is 0 Å². The molecule has 110 valence electrons. The molecule has 19 heavy (non-hydrogen) atoms. The van der Waals surface area contributed by atoms with Crippen LogP contribution >= 0.6 is 0 Å². The minimum Gasteiger partial charge on any atom is -0.376 e. The topological polar surface area (TPSA) is 55.4 Å². The first-order valence-corrected chi connectivity index (χ1v) is 6.67. The van der Waals surface area contributed by atoms with Crippen molar-refractivity contribution in [3.05, 3.63) is 0 Å². The predicted molar refractivity (Wildman–Crippen MR) is 64.4 cm³/mol. The monoisotopic (exact) mass is 274 g/mol. The number of fused-ring (bicyclic) bond motifs is 1. The van der Waals surface area contributed by atoms with Gasteiger partial charge in [-0.25, -0.2) is 0 Å². The van der Waals surface area contributed by atoms with E-state index in [1.807, 2.05) is 27.7 Å². The van der Waals surface area contributed by atoms with E-state index >= 15 is 0 Å². The van der Waals surface area contributed by atoms with Crippen molar-refractivity contribution in [2.45, 2.75) is 70.0 Å². The summed E-state index contributed by atoms with van der Waals surface area (Å²) in [5, 5.41) is 0. The molecule has 0 aromatic heterocycles. The summed E-state index contributed by atoms with van der Waals surface area (Å²) in [6.07, 6.45) is -1.25. The fourth-order valence-electron chi connectivity index (χ4n) is 2.95. The Hall–Kier alpha value is -0.240. The summed E-state index contributed by atoms with van der Waals surface area (Å²) in [4.78, 5) is 0. The minimum atomic E-state index is -0.636. The van der Waals surface area contributed by atoms with Gasteiger partial charge in [0.1, 0.15) is 24.4 Å². The van der Waals surface area contributed by atoms with Crippen LogP contribution in [0.3, 0.4) is 0 Å². The molecule has 0 aliphatic carbocycles. The van der Waals surface area contributed by atoms with Crippen molar-refractivity contribution in [1.82, 2.24) is 0 Å². The Morgan fingerprint density at radius 1 is 0.947 bits per heavy atom. The Bertz CT molecular complexity index is 355. The zero-order valence-corrected chi connectivity index (χ0v) is 12.0. The third-order valence-corrected chi connectivity index (χ3v) is 3.70. The summed E-state index contributed by atoms with van der Waals surface area (Å²) in [6, 6.07) is 0. The van der Waals surface area contributed by atoms with Gasteiger partial charge in [-0.05, 0) is 27.7 Å². The summed E-state index contributed by atoms with van der Waals surface area (Å²) < 4.78 is 34.5. The molecule has 3 aliphatic heterocycles. The molecule has 0 saturated carbocycles. The molecule has 3 unspecified atom stereocenters. The largest absolute Gasteiger partial charge is 0.376 e. The highest BCUT2D eigenvalue weighted by molar-refractivity contribution is 4.98. The van der Waals surface area contributed by atoms with E-state index in [1.54, 1.807) is 7.11 Å². The van der Waals surface area contributed by atoms with Crippen molar-refractivity contribution in [2.24, 2.45) is 0 Å². The lowest BCUT2D eigenvalue weighted by Gasteiger charge is -2.28. The molecule has 0 bridgehead atoms. The lowest BCUT2D eigenvalue weighted by atomic mass is 10.1. The maximum Gasteiger partial charge on any atom is 0.190 e. The molecule has 3 saturated heterocycles. The van der Waals surface area contributed by atoms with Gasteiger partial charge in [0.15, 0.2) is 17.9 Å². The molecule has 0 amide bonds. The Morgan fingerprint density at radius 3 is 2.26 bits per heavy atom. The lowest BCUT2D eigenvalue weighted by Crippen LogP contribution is -2.43. The van der Waals surface area contributed by atoms with E-state index in [2.05, 4.69) is 0 Å². The fourth-order valence-corrected chi connectivity index (χ4v) is 2.95. The number of ether oxygens (including phenoxy) is 6. The van der Waals surface area contributed by atoms with E-state index < -0.39 is 17.9 Å². The second kappa shape index (κ2) is 4.38. The molecule has 5 atom stereocenters. The van der Waals surface area contributed by atoms with E-state index in [4.69, 9.17) is 28.4 Å². The van der Waals surface area contributed by atoms with E-state index in [0.717, 1.165) is 0 Å². The van der Waals surface area contributed by atoms with Crippen LogP contribution in [0.5, 0.6) is 0 Å². The quantitative estimate of drug-likeness (QED) is 0.749. The molecule has 3 heterocycles. The van der Waals surface area contributed by atoms with Gasteiger partial charge in [0.05, 0.1) is 6.61 Å². The second-order valence-corrected chi connectivity index (χ2v) is 6.14. The molecule has 0 radical (unpaired) electrons. The van der Waals surface area contributed by atoms with Crippen molar-refractivity contribution in [3.8, 4) is 0 Å². The molecule has 0 spiro atoms. The Kier molecular flexibility index (Phi) is 3.16. The molecule has 0 N–H and O–H groups in total. The average molecular weight is 274 g/mol. The van der Waals surface area contributed by atoms with E-state index in [9.17, 15) is 0 Å². The first-order chi connectivity index (χ1) is 8.81. The minimum absolute atomic E-state index is 0.166. The molecule has 0 aromatic rings. The SMILES string of the molecule is CO[C@H]1C2OC(C)(C)OC2O[C@@H]1C1COC(C)(C)O1. The maximum atomic E-state index is 5.92. The summed E-state index contributed by atoms with van der Waals surface area (Å²) in [6.45, 7) is 8.01. The van der Waals surface area contributed by atoms with Crippen LogP contribution in [0.15, 0.2) is 0 Å². The zero-order chi connectivity index (χ0) is 13.8. The third kappa shape index (κ3) is 2.41. The smallest absolute Gasteiger partial charge is 0.190 e. The van der Waals surface area contributed by atoms with Crippen LogP contribution < -0.4 is 0 Å². The molecule has 6 heteroatoms. The predicted octanol–water partition coefficient (Wildman–Crippen LogP) is 1.03. The molecule has 3 fully saturated rings. The van der Waals surface area contributed by atoms with Gasteiger partial charge < -0.3 is 28.4 Å². The van der Waals surface area contributed by atoms with Crippen LogP contribution in [0.2, 0.25) is 0 Å². The highest BCUT2D eigenvalue weighted by atomic mass is 16.8. The van der Waals surface area contributed by atoms with Gasteiger partial charge in [-0.2, -0.15) is 0 Å². The van der Waals surface area contributed by atoms with Gasteiger partial charge in [-0.15, -0.1) is 0 Å². The van der Waals surface area contributed by atoms with E-state index in [1.165, 1.54) is 0 Å². The molecule has 6 nitrogen and oxygen atoms in total. The second-order valence-electron chi connectivity index (χ2n) is 6.14. The Labute approximate surface area is 113 Å². The first-order valence-electron chi connectivity index (χ1n) is 6.67.